The van der Waals surface area contributed by atoms with E-state index in [0.29, 0.717) is 30.2 Å². The molecule has 1 saturated carbocycles. The number of aromatic nitrogens is 2. The van der Waals surface area contributed by atoms with Gasteiger partial charge in [-0.25, -0.2) is 4.79 Å². The van der Waals surface area contributed by atoms with Gasteiger partial charge < -0.3 is 9.63 Å². The average molecular weight is 386 g/mol. The molecule has 2 aliphatic rings. The maximum absolute atomic E-state index is 12.9. The summed E-state index contributed by atoms with van der Waals surface area (Å²) in [5, 5.41) is 13.5. The Labute approximate surface area is 161 Å². The highest BCUT2D eigenvalue weighted by molar-refractivity contribution is 7.12. The van der Waals surface area contributed by atoms with E-state index in [1.807, 2.05) is 13.8 Å². The first kappa shape index (κ1) is 18.1. The van der Waals surface area contributed by atoms with E-state index in [1.54, 1.807) is 11.3 Å². The molecule has 0 radical (unpaired) electrons. The summed E-state index contributed by atoms with van der Waals surface area (Å²) in [7, 11) is 0. The number of carbonyl (C=O) groups is 2. The minimum atomic E-state index is -0.970. The topological polar surface area (TPSA) is 93.3 Å². The third-order valence-electron chi connectivity index (χ3n) is 5.44. The molecule has 142 valence electrons. The highest BCUT2D eigenvalue weighted by Crippen LogP contribution is 2.41. The van der Waals surface area contributed by atoms with Crippen molar-refractivity contribution in [2.75, 3.05) is 0 Å². The van der Waals surface area contributed by atoms with Crippen LogP contribution >= 0.6 is 11.3 Å². The number of aryl methyl sites for hydroxylation is 1. The van der Waals surface area contributed by atoms with Crippen molar-refractivity contribution in [2.45, 2.75) is 64.7 Å². The fraction of sp³-hybridized carbons (Fsp3) is 0.500. The SMILES string of the molecule is Cc1sc(CC(=O)C2=C(C(=O)O)CCCC2)c(-c2nc(C3CC3)no2)c1C. The number of allylic oxidation sites excluding steroid dienone is 1. The van der Waals surface area contributed by atoms with Gasteiger partial charge in [0.1, 0.15) is 0 Å². The molecule has 0 atom stereocenters. The highest BCUT2D eigenvalue weighted by atomic mass is 32.1. The van der Waals surface area contributed by atoms with Crippen LogP contribution in [0, 0.1) is 13.8 Å². The molecule has 6 nitrogen and oxygen atoms in total. The second-order valence-electron chi connectivity index (χ2n) is 7.38. The van der Waals surface area contributed by atoms with E-state index in [-0.39, 0.29) is 17.8 Å². The van der Waals surface area contributed by atoms with Crippen LogP contribution in [-0.2, 0) is 16.0 Å². The summed E-state index contributed by atoms with van der Waals surface area (Å²) in [4.78, 5) is 31.0. The molecule has 0 aromatic carbocycles. The molecule has 0 saturated heterocycles. The van der Waals surface area contributed by atoms with Crippen molar-refractivity contribution in [2.24, 2.45) is 0 Å². The van der Waals surface area contributed by atoms with Crippen molar-refractivity contribution < 1.29 is 19.2 Å². The molecule has 27 heavy (non-hydrogen) atoms. The minimum Gasteiger partial charge on any atom is -0.478 e. The molecule has 0 spiro atoms. The third-order valence-corrected chi connectivity index (χ3v) is 6.65. The zero-order valence-corrected chi connectivity index (χ0v) is 16.3. The summed E-state index contributed by atoms with van der Waals surface area (Å²) in [5.74, 6) is 0.545. The van der Waals surface area contributed by atoms with Gasteiger partial charge in [-0.15, -0.1) is 11.3 Å². The lowest BCUT2D eigenvalue weighted by Crippen LogP contribution is -2.17. The van der Waals surface area contributed by atoms with Crippen LogP contribution in [0.25, 0.3) is 11.5 Å². The maximum Gasteiger partial charge on any atom is 0.331 e. The lowest BCUT2D eigenvalue weighted by molar-refractivity contribution is -0.133. The molecule has 0 bridgehead atoms. The van der Waals surface area contributed by atoms with Crippen molar-refractivity contribution in [3.63, 3.8) is 0 Å². The fourth-order valence-electron chi connectivity index (χ4n) is 3.65. The fourth-order valence-corrected chi connectivity index (χ4v) is 4.82. The van der Waals surface area contributed by atoms with Gasteiger partial charge in [0, 0.05) is 33.2 Å². The molecule has 7 heteroatoms. The van der Waals surface area contributed by atoms with E-state index in [0.717, 1.165) is 52.4 Å². The van der Waals surface area contributed by atoms with Gasteiger partial charge in [0.15, 0.2) is 11.6 Å². The van der Waals surface area contributed by atoms with Crippen LogP contribution in [-0.4, -0.2) is 27.0 Å². The molecule has 1 fully saturated rings. The van der Waals surface area contributed by atoms with Crippen LogP contribution in [0.1, 0.15) is 65.6 Å². The van der Waals surface area contributed by atoms with Crippen LogP contribution in [0.15, 0.2) is 15.7 Å². The van der Waals surface area contributed by atoms with Gasteiger partial charge in [-0.3, -0.25) is 4.79 Å². The largest absolute Gasteiger partial charge is 0.478 e. The van der Waals surface area contributed by atoms with Crippen LogP contribution in [0.2, 0.25) is 0 Å². The molecular weight excluding hydrogens is 364 g/mol. The summed E-state index contributed by atoms with van der Waals surface area (Å²) in [5.41, 5.74) is 2.66. The number of carbonyl (C=O) groups excluding carboxylic acids is 1. The standard InChI is InChI=1S/C20H22N2O4S/c1-10-11(2)27-16(17(10)19-21-18(22-26-19)12-7-8-12)9-15(23)13-5-3-4-6-14(13)20(24)25/h12H,3-9H2,1-2H3,(H,24,25). The van der Waals surface area contributed by atoms with Crippen molar-refractivity contribution in [1.82, 2.24) is 10.1 Å². The number of hydrogen-bond acceptors (Lipinski definition) is 6. The molecule has 0 unspecified atom stereocenters. The molecule has 0 aliphatic heterocycles. The van der Waals surface area contributed by atoms with Crippen LogP contribution in [0.4, 0.5) is 0 Å². The van der Waals surface area contributed by atoms with Gasteiger partial charge in [-0.1, -0.05) is 5.16 Å². The molecule has 0 amide bonds. The first-order valence-electron chi connectivity index (χ1n) is 9.37. The first-order chi connectivity index (χ1) is 13.0. The minimum absolute atomic E-state index is 0.100. The molecule has 4 rings (SSSR count). The highest BCUT2D eigenvalue weighted by Gasteiger charge is 2.31. The van der Waals surface area contributed by atoms with Crippen LogP contribution < -0.4 is 0 Å². The molecule has 2 aliphatic carbocycles. The maximum atomic E-state index is 12.9. The second-order valence-corrected chi connectivity index (χ2v) is 8.69. The predicted octanol–water partition coefficient (Wildman–Crippen LogP) is 4.36. The van der Waals surface area contributed by atoms with Gasteiger partial charge in [0.05, 0.1) is 5.56 Å². The summed E-state index contributed by atoms with van der Waals surface area (Å²) < 4.78 is 5.50. The summed E-state index contributed by atoms with van der Waals surface area (Å²) in [6, 6.07) is 0. The second kappa shape index (κ2) is 7.03. The van der Waals surface area contributed by atoms with E-state index >= 15 is 0 Å². The average Bonchev–Trinajstić information content (AvgIpc) is 3.32. The van der Waals surface area contributed by atoms with Gasteiger partial charge in [-0.05, 0) is 57.9 Å². The normalized spacial score (nSPS) is 17.4. The molecule has 2 heterocycles. The number of nitrogens with zero attached hydrogens (tertiary/aromatic N) is 2. The van der Waals surface area contributed by atoms with E-state index < -0.39 is 5.97 Å². The van der Waals surface area contributed by atoms with Crippen molar-refractivity contribution >= 4 is 23.1 Å². The number of ketones is 1. The van der Waals surface area contributed by atoms with Gasteiger partial charge in [-0.2, -0.15) is 4.98 Å². The van der Waals surface area contributed by atoms with E-state index in [1.165, 1.54) is 0 Å². The van der Waals surface area contributed by atoms with Crippen LogP contribution in [0.3, 0.4) is 0 Å². The van der Waals surface area contributed by atoms with Crippen molar-refractivity contribution in [3.8, 4) is 11.5 Å². The number of thiophene rings is 1. The molecule has 2 aromatic rings. The summed E-state index contributed by atoms with van der Waals surface area (Å²) in [6.07, 6.45) is 5.08. The van der Waals surface area contributed by atoms with Gasteiger partial charge in [0.25, 0.3) is 5.89 Å². The lowest BCUT2D eigenvalue weighted by Gasteiger charge is -2.16. The number of Topliss-reactive ketones (excluding diaryl/α,β-unsaturated/α-hetero) is 1. The summed E-state index contributed by atoms with van der Waals surface area (Å²) >= 11 is 1.55. The zero-order chi connectivity index (χ0) is 19.1. The van der Waals surface area contributed by atoms with Gasteiger partial charge >= 0.3 is 5.97 Å². The quantitative estimate of drug-likeness (QED) is 0.793. The monoisotopic (exact) mass is 386 g/mol. The lowest BCUT2D eigenvalue weighted by atomic mass is 9.88. The van der Waals surface area contributed by atoms with Crippen LogP contribution in [0.5, 0.6) is 0 Å². The first-order valence-corrected chi connectivity index (χ1v) is 10.2. The molecular formula is C20H22N2O4S. The molecule has 1 N–H and O–H groups in total. The van der Waals surface area contributed by atoms with Gasteiger partial charge in [0.2, 0.25) is 0 Å². The van der Waals surface area contributed by atoms with E-state index in [9.17, 15) is 14.7 Å². The molecule has 2 aromatic heterocycles. The zero-order valence-electron chi connectivity index (χ0n) is 15.5. The predicted molar refractivity (Wildman–Crippen MR) is 101 cm³/mol. The Morgan fingerprint density at radius 3 is 2.56 bits per heavy atom. The smallest absolute Gasteiger partial charge is 0.331 e. The third kappa shape index (κ3) is 3.48. The van der Waals surface area contributed by atoms with Crippen molar-refractivity contribution in [1.29, 1.82) is 0 Å². The van der Waals surface area contributed by atoms with Crippen molar-refractivity contribution in [3.05, 3.63) is 32.3 Å². The Hall–Kier alpha value is -2.28. The van der Waals surface area contributed by atoms with E-state index in [4.69, 9.17) is 4.52 Å². The Kier molecular flexibility index (Phi) is 4.72. The Morgan fingerprint density at radius 1 is 1.19 bits per heavy atom. The number of rotatable bonds is 6. The number of hydrogen-bond donors (Lipinski definition) is 1. The number of aliphatic carboxylic acids is 1. The Balaban J connectivity index is 1.66. The summed E-state index contributed by atoms with van der Waals surface area (Å²) in [6.45, 7) is 4.01. The Morgan fingerprint density at radius 2 is 1.89 bits per heavy atom. The number of carboxylic acid groups (broad SMARTS) is 1. The Bertz CT molecular complexity index is 949. The van der Waals surface area contributed by atoms with E-state index in [2.05, 4.69) is 10.1 Å². The number of carboxylic acids is 1.